The van der Waals surface area contributed by atoms with Gasteiger partial charge in [-0.2, -0.15) is 15.3 Å². The van der Waals surface area contributed by atoms with Gasteiger partial charge in [0.2, 0.25) is 11.6 Å². The van der Waals surface area contributed by atoms with Crippen molar-refractivity contribution in [2.75, 3.05) is 12.1 Å². The number of nitrogens with zero attached hydrogens (tertiary/aromatic N) is 4. The third-order valence-corrected chi connectivity index (χ3v) is 3.42. The van der Waals surface area contributed by atoms with Gasteiger partial charge < -0.3 is 4.42 Å². The molecule has 0 atom stereocenters. The Morgan fingerprint density at radius 2 is 1.96 bits per heavy atom. The molecule has 0 radical (unpaired) electrons. The summed E-state index contributed by atoms with van der Waals surface area (Å²) in [6, 6.07) is 10.2. The Bertz CT molecular complexity index is 730. The highest BCUT2D eigenvalue weighted by Gasteiger charge is 2.25. The molecule has 0 spiro atoms. The highest BCUT2D eigenvalue weighted by Crippen LogP contribution is 2.28. The maximum absolute atomic E-state index is 9.24. The quantitative estimate of drug-likeness (QED) is 0.635. The predicted molar refractivity (Wildman–Crippen MR) is 91.7 cm³/mol. The van der Waals surface area contributed by atoms with Gasteiger partial charge in [-0.25, -0.2) is 5.01 Å². The van der Waals surface area contributed by atoms with E-state index in [1.807, 2.05) is 32.9 Å². The van der Waals surface area contributed by atoms with Crippen LogP contribution >= 0.6 is 0 Å². The van der Waals surface area contributed by atoms with Crippen LogP contribution < -0.4 is 5.01 Å². The molecular weight excluding hydrogens is 288 g/mol. The van der Waals surface area contributed by atoms with Crippen LogP contribution in [0.5, 0.6) is 0 Å². The molecule has 1 aromatic heterocycles. The van der Waals surface area contributed by atoms with Gasteiger partial charge >= 0.3 is 0 Å². The summed E-state index contributed by atoms with van der Waals surface area (Å²) in [7, 11) is 1.74. The summed E-state index contributed by atoms with van der Waals surface area (Å²) in [6.07, 6.45) is 2.75. The highest BCUT2D eigenvalue weighted by molar-refractivity contribution is 5.80. The summed E-state index contributed by atoms with van der Waals surface area (Å²) in [5.41, 5.74) is 2.26. The van der Waals surface area contributed by atoms with Crippen molar-refractivity contribution in [3.05, 3.63) is 47.0 Å². The molecule has 0 aliphatic heterocycles. The van der Waals surface area contributed by atoms with Crippen molar-refractivity contribution >= 4 is 12.1 Å². The smallest absolute Gasteiger partial charge is 0.254 e. The minimum Gasteiger partial charge on any atom is -0.421 e. The number of aryl methyl sites for hydroxylation is 1. The van der Waals surface area contributed by atoms with E-state index in [4.69, 9.17) is 4.42 Å². The van der Waals surface area contributed by atoms with Crippen molar-refractivity contribution in [3.63, 3.8) is 0 Å². The predicted octanol–water partition coefficient (Wildman–Crippen LogP) is 3.88. The molecule has 0 saturated heterocycles. The lowest BCUT2D eigenvalue weighted by Crippen LogP contribution is -2.11. The number of anilines is 1. The van der Waals surface area contributed by atoms with Gasteiger partial charge in [0.25, 0.3) is 5.88 Å². The fraction of sp³-hybridized carbons (Fsp3) is 0.389. The van der Waals surface area contributed by atoms with Crippen LogP contribution in [0.15, 0.2) is 33.8 Å². The van der Waals surface area contributed by atoms with E-state index in [1.54, 1.807) is 13.3 Å². The molecule has 0 fully saturated rings. The van der Waals surface area contributed by atoms with Crippen molar-refractivity contribution in [3.8, 4) is 6.07 Å². The highest BCUT2D eigenvalue weighted by atomic mass is 16.4. The second-order valence-corrected chi connectivity index (χ2v) is 6.40. The first-order valence-corrected chi connectivity index (χ1v) is 7.63. The Hall–Kier alpha value is -2.61. The van der Waals surface area contributed by atoms with Crippen molar-refractivity contribution in [1.82, 2.24) is 4.98 Å². The zero-order valence-electron chi connectivity index (χ0n) is 14.3. The number of benzene rings is 1. The minimum atomic E-state index is -0.260. The number of hydrazone groups is 1. The first-order valence-electron chi connectivity index (χ1n) is 7.63. The molecule has 23 heavy (non-hydrogen) atoms. The summed E-state index contributed by atoms with van der Waals surface area (Å²) in [4.78, 5) is 4.26. The topological polar surface area (TPSA) is 65.4 Å². The first-order chi connectivity index (χ1) is 10.8. The molecule has 5 heteroatoms. The average molecular weight is 310 g/mol. The van der Waals surface area contributed by atoms with E-state index in [1.165, 1.54) is 10.6 Å². The Labute approximate surface area is 137 Å². The number of rotatable bonds is 4. The van der Waals surface area contributed by atoms with Crippen LogP contribution in [-0.4, -0.2) is 18.2 Å². The van der Waals surface area contributed by atoms with Gasteiger partial charge in [0.15, 0.2) is 0 Å². The third-order valence-electron chi connectivity index (χ3n) is 3.42. The number of hydrogen-bond donors (Lipinski definition) is 0. The van der Waals surface area contributed by atoms with Crippen LogP contribution in [0.2, 0.25) is 0 Å². The van der Waals surface area contributed by atoms with Gasteiger partial charge in [-0.3, -0.25) is 0 Å². The lowest BCUT2D eigenvalue weighted by molar-refractivity contribution is 0.394. The fourth-order valence-electron chi connectivity index (χ4n) is 1.97. The molecule has 1 heterocycles. The van der Waals surface area contributed by atoms with E-state index in [9.17, 15) is 5.26 Å². The van der Waals surface area contributed by atoms with Crippen LogP contribution in [0.1, 0.15) is 50.4 Å². The number of nitriles is 1. The molecule has 0 amide bonds. The molecule has 5 nitrogen and oxygen atoms in total. The summed E-state index contributed by atoms with van der Waals surface area (Å²) in [5, 5.41) is 15.1. The van der Waals surface area contributed by atoms with E-state index < -0.39 is 0 Å². The van der Waals surface area contributed by atoms with Crippen LogP contribution in [0, 0.1) is 11.3 Å². The molecule has 2 aromatic rings. The molecule has 120 valence electrons. The molecule has 0 N–H and O–H groups in total. The average Bonchev–Trinajstić information content (AvgIpc) is 2.97. The summed E-state index contributed by atoms with van der Waals surface area (Å²) in [6.45, 7) is 8.09. The van der Waals surface area contributed by atoms with E-state index in [-0.39, 0.29) is 11.1 Å². The van der Waals surface area contributed by atoms with Gasteiger partial charge in [0, 0.05) is 12.5 Å². The Kier molecular flexibility index (Phi) is 4.85. The normalized spacial score (nSPS) is 11.7. The fourth-order valence-corrected chi connectivity index (χ4v) is 1.97. The molecule has 0 saturated carbocycles. The summed E-state index contributed by atoms with van der Waals surface area (Å²) >= 11 is 0. The SMILES string of the molecule is CCc1ccc(C=NN(C)c2oc(C(C)(C)C)nc2C#N)cc1. The number of aromatic nitrogens is 1. The maximum Gasteiger partial charge on any atom is 0.254 e. The lowest BCUT2D eigenvalue weighted by Gasteiger charge is -2.13. The monoisotopic (exact) mass is 310 g/mol. The molecule has 0 bridgehead atoms. The van der Waals surface area contributed by atoms with Crippen molar-refractivity contribution in [2.24, 2.45) is 5.10 Å². The Morgan fingerprint density at radius 1 is 1.30 bits per heavy atom. The van der Waals surface area contributed by atoms with E-state index in [0.717, 1.165) is 12.0 Å². The van der Waals surface area contributed by atoms with Gasteiger partial charge in [-0.1, -0.05) is 52.0 Å². The second kappa shape index (κ2) is 6.66. The maximum atomic E-state index is 9.24. The Balaban J connectivity index is 2.22. The van der Waals surface area contributed by atoms with Crippen LogP contribution in [0.3, 0.4) is 0 Å². The molecular formula is C18H22N4O. The first kappa shape index (κ1) is 16.8. The molecule has 2 rings (SSSR count). The van der Waals surface area contributed by atoms with Gasteiger partial charge in [0.1, 0.15) is 6.07 Å². The third kappa shape index (κ3) is 3.98. The summed E-state index contributed by atoms with van der Waals surface area (Å²) < 4.78 is 5.74. The van der Waals surface area contributed by atoms with E-state index in [0.29, 0.717) is 11.8 Å². The lowest BCUT2D eigenvalue weighted by atomic mass is 9.97. The van der Waals surface area contributed by atoms with Crippen LogP contribution in [0.4, 0.5) is 5.88 Å². The minimum absolute atomic E-state index is 0.246. The van der Waals surface area contributed by atoms with Crippen LogP contribution in [0.25, 0.3) is 0 Å². The van der Waals surface area contributed by atoms with E-state index >= 15 is 0 Å². The number of oxazole rings is 1. The van der Waals surface area contributed by atoms with Gasteiger partial charge in [-0.05, 0) is 17.5 Å². The molecule has 0 aliphatic carbocycles. The van der Waals surface area contributed by atoms with Crippen molar-refractivity contribution in [2.45, 2.75) is 39.5 Å². The zero-order valence-corrected chi connectivity index (χ0v) is 14.3. The van der Waals surface area contributed by atoms with Gasteiger partial charge in [-0.15, -0.1) is 0 Å². The second-order valence-electron chi connectivity index (χ2n) is 6.40. The standard InChI is InChI=1S/C18H22N4O/c1-6-13-7-9-14(10-8-13)12-20-22(5)16-15(11-19)21-17(23-16)18(2,3)4/h7-10,12H,6H2,1-5H3. The molecule has 0 unspecified atom stereocenters. The van der Waals surface area contributed by atoms with Crippen LogP contribution in [-0.2, 0) is 11.8 Å². The van der Waals surface area contributed by atoms with Gasteiger partial charge in [0.05, 0.1) is 6.21 Å². The number of hydrogen-bond acceptors (Lipinski definition) is 5. The van der Waals surface area contributed by atoms with Crippen molar-refractivity contribution in [1.29, 1.82) is 5.26 Å². The van der Waals surface area contributed by atoms with Crippen molar-refractivity contribution < 1.29 is 4.42 Å². The summed E-state index contributed by atoms with van der Waals surface area (Å²) in [5.74, 6) is 0.886. The zero-order chi connectivity index (χ0) is 17.0. The Morgan fingerprint density at radius 3 is 2.48 bits per heavy atom. The molecule has 1 aromatic carbocycles. The van der Waals surface area contributed by atoms with E-state index in [2.05, 4.69) is 35.2 Å². The largest absolute Gasteiger partial charge is 0.421 e. The molecule has 0 aliphatic rings.